The van der Waals surface area contributed by atoms with Gasteiger partial charge in [-0.2, -0.15) is 0 Å². The molecule has 1 N–H and O–H groups in total. The van der Waals surface area contributed by atoms with E-state index in [9.17, 15) is 4.79 Å². The van der Waals surface area contributed by atoms with E-state index in [0.29, 0.717) is 31.7 Å². The van der Waals surface area contributed by atoms with Crippen LogP contribution in [0.5, 0.6) is 0 Å². The molecular formula is C21H31N5O2. The molecule has 2 saturated heterocycles. The Kier molecular flexibility index (Phi) is 6.12. The summed E-state index contributed by atoms with van der Waals surface area (Å²) in [7, 11) is 1.86. The number of amides is 1. The zero-order valence-corrected chi connectivity index (χ0v) is 16.7. The predicted octanol–water partition coefficient (Wildman–Crippen LogP) is 0.594. The highest BCUT2D eigenvalue weighted by molar-refractivity contribution is 5.81. The molecule has 0 bridgehead atoms. The molecule has 7 heteroatoms. The van der Waals surface area contributed by atoms with Gasteiger partial charge in [0.05, 0.1) is 19.8 Å². The van der Waals surface area contributed by atoms with E-state index < -0.39 is 0 Å². The molecule has 0 aromatic heterocycles. The summed E-state index contributed by atoms with van der Waals surface area (Å²) in [5.41, 5.74) is 1.40. The highest BCUT2D eigenvalue weighted by Gasteiger charge is 2.39. The molecule has 0 radical (unpaired) electrons. The van der Waals surface area contributed by atoms with Gasteiger partial charge < -0.3 is 19.9 Å². The van der Waals surface area contributed by atoms with Crippen molar-refractivity contribution in [3.05, 3.63) is 35.9 Å². The quantitative estimate of drug-likeness (QED) is 0.607. The molecule has 2 unspecified atom stereocenters. The lowest BCUT2D eigenvalue weighted by Gasteiger charge is -2.37. The fourth-order valence-electron chi connectivity index (χ4n) is 4.11. The molecule has 2 atom stereocenters. The molecule has 0 spiro atoms. The van der Waals surface area contributed by atoms with Gasteiger partial charge in [-0.15, -0.1) is 0 Å². The molecule has 3 aliphatic rings. The summed E-state index contributed by atoms with van der Waals surface area (Å²) >= 11 is 0. The van der Waals surface area contributed by atoms with Crippen LogP contribution in [0.25, 0.3) is 0 Å². The van der Waals surface area contributed by atoms with E-state index in [1.54, 1.807) is 0 Å². The van der Waals surface area contributed by atoms with Crippen molar-refractivity contribution in [1.82, 2.24) is 20.0 Å². The van der Waals surface area contributed by atoms with Crippen molar-refractivity contribution in [2.24, 2.45) is 4.99 Å². The Bertz CT molecular complexity index is 681. The lowest BCUT2D eigenvalue weighted by atomic mass is 10.1. The molecule has 2 aliphatic heterocycles. The minimum atomic E-state index is 0.225. The number of morpholine rings is 1. The summed E-state index contributed by atoms with van der Waals surface area (Å²) in [6.45, 7) is 6.86. The van der Waals surface area contributed by atoms with E-state index in [1.165, 1.54) is 5.56 Å². The van der Waals surface area contributed by atoms with E-state index in [1.807, 2.05) is 11.9 Å². The van der Waals surface area contributed by atoms with Crippen molar-refractivity contribution in [3.63, 3.8) is 0 Å². The van der Waals surface area contributed by atoms with Crippen LogP contribution in [0.15, 0.2) is 35.3 Å². The van der Waals surface area contributed by atoms with E-state index in [0.717, 1.165) is 51.6 Å². The minimum absolute atomic E-state index is 0.225. The summed E-state index contributed by atoms with van der Waals surface area (Å²) in [5, 5.41) is 3.63. The van der Waals surface area contributed by atoms with Crippen LogP contribution in [0.3, 0.4) is 0 Å². The van der Waals surface area contributed by atoms with Crippen LogP contribution in [0, 0.1) is 0 Å². The molecule has 1 aromatic rings. The van der Waals surface area contributed by atoms with Crippen molar-refractivity contribution >= 4 is 11.9 Å². The van der Waals surface area contributed by atoms with Gasteiger partial charge in [0.1, 0.15) is 0 Å². The second-order valence-electron chi connectivity index (χ2n) is 7.81. The van der Waals surface area contributed by atoms with Crippen molar-refractivity contribution in [2.75, 3.05) is 66.1 Å². The Morgan fingerprint density at radius 1 is 1.07 bits per heavy atom. The largest absolute Gasteiger partial charge is 0.378 e. The third-order valence-electron chi connectivity index (χ3n) is 5.94. The maximum atomic E-state index is 12.4. The van der Waals surface area contributed by atoms with E-state index >= 15 is 0 Å². The number of benzene rings is 1. The highest BCUT2D eigenvalue weighted by atomic mass is 16.5. The molecule has 152 valence electrons. The number of ether oxygens (including phenoxy) is 1. The fourth-order valence-corrected chi connectivity index (χ4v) is 4.11. The van der Waals surface area contributed by atoms with E-state index in [4.69, 9.17) is 4.74 Å². The first-order chi connectivity index (χ1) is 13.7. The van der Waals surface area contributed by atoms with Crippen LogP contribution in [-0.2, 0) is 9.53 Å². The molecule has 28 heavy (non-hydrogen) atoms. The normalized spacial score (nSPS) is 26.2. The second-order valence-corrected chi connectivity index (χ2v) is 7.81. The predicted molar refractivity (Wildman–Crippen MR) is 109 cm³/mol. The first-order valence-corrected chi connectivity index (χ1v) is 10.4. The van der Waals surface area contributed by atoms with Crippen molar-refractivity contribution < 1.29 is 9.53 Å². The molecule has 1 amide bonds. The molecule has 1 aromatic carbocycles. The molecule has 7 nitrogen and oxygen atoms in total. The number of nitrogens with one attached hydrogen (secondary N) is 1. The van der Waals surface area contributed by atoms with Gasteiger partial charge in [-0.25, -0.2) is 0 Å². The smallest absolute Gasteiger partial charge is 0.236 e. The third kappa shape index (κ3) is 4.64. The summed E-state index contributed by atoms with van der Waals surface area (Å²) in [5.74, 6) is 1.80. The number of hydrogen-bond acceptors (Lipinski definition) is 4. The number of aliphatic imine (C=N–C) groups is 1. The second kappa shape index (κ2) is 8.92. The summed E-state index contributed by atoms with van der Waals surface area (Å²) in [6, 6.07) is 11.2. The lowest BCUT2D eigenvalue weighted by Crippen LogP contribution is -2.55. The van der Waals surface area contributed by atoms with Crippen LogP contribution in [0.2, 0.25) is 0 Å². The Labute approximate surface area is 167 Å². The summed E-state index contributed by atoms with van der Waals surface area (Å²) in [4.78, 5) is 23.4. The van der Waals surface area contributed by atoms with Gasteiger partial charge in [0.25, 0.3) is 0 Å². The maximum Gasteiger partial charge on any atom is 0.236 e. The Morgan fingerprint density at radius 2 is 1.79 bits per heavy atom. The zero-order chi connectivity index (χ0) is 19.3. The lowest BCUT2D eigenvalue weighted by molar-refractivity contribution is -0.136. The Morgan fingerprint density at radius 3 is 2.46 bits per heavy atom. The van der Waals surface area contributed by atoms with Crippen molar-refractivity contribution in [2.45, 2.75) is 18.4 Å². The molecule has 2 heterocycles. The first kappa shape index (κ1) is 19.2. The van der Waals surface area contributed by atoms with Crippen molar-refractivity contribution in [3.8, 4) is 0 Å². The van der Waals surface area contributed by atoms with E-state index in [2.05, 4.69) is 50.4 Å². The molecular weight excluding hydrogens is 354 g/mol. The van der Waals surface area contributed by atoms with Crippen LogP contribution >= 0.6 is 0 Å². The Hall–Kier alpha value is -2.12. The van der Waals surface area contributed by atoms with Crippen molar-refractivity contribution in [1.29, 1.82) is 0 Å². The Balaban J connectivity index is 1.22. The molecule has 4 rings (SSSR count). The first-order valence-electron chi connectivity index (χ1n) is 10.4. The number of carbonyl (C=O) groups excluding carboxylic acids is 1. The summed E-state index contributed by atoms with van der Waals surface area (Å²) in [6.07, 6.45) is 1.16. The van der Waals surface area contributed by atoms with E-state index in [-0.39, 0.29) is 5.91 Å². The highest BCUT2D eigenvalue weighted by Crippen LogP contribution is 2.40. The van der Waals surface area contributed by atoms with Gasteiger partial charge in [0, 0.05) is 58.3 Å². The van der Waals surface area contributed by atoms with Gasteiger partial charge in [0.15, 0.2) is 5.96 Å². The van der Waals surface area contributed by atoms with Crippen LogP contribution < -0.4 is 5.32 Å². The van der Waals surface area contributed by atoms with Gasteiger partial charge in [0.2, 0.25) is 5.91 Å². The topological polar surface area (TPSA) is 60.4 Å². The third-order valence-corrected chi connectivity index (χ3v) is 5.94. The van der Waals surface area contributed by atoms with Gasteiger partial charge >= 0.3 is 0 Å². The average molecular weight is 386 g/mol. The van der Waals surface area contributed by atoms with Crippen LogP contribution in [-0.4, -0.2) is 98.7 Å². The average Bonchev–Trinajstić information content (AvgIpc) is 3.53. The molecule has 1 saturated carbocycles. The van der Waals surface area contributed by atoms with Crippen LogP contribution in [0.4, 0.5) is 0 Å². The zero-order valence-electron chi connectivity index (χ0n) is 16.7. The number of piperazine rings is 1. The SMILES string of the molecule is CN=C(NC1CC1c1ccccc1)N1CCN(CC(=O)N2CCOCC2)CC1. The number of guanidine groups is 1. The minimum Gasteiger partial charge on any atom is -0.378 e. The molecule has 3 fully saturated rings. The van der Waals surface area contributed by atoms with Gasteiger partial charge in [-0.1, -0.05) is 30.3 Å². The summed E-state index contributed by atoms with van der Waals surface area (Å²) < 4.78 is 5.33. The maximum absolute atomic E-state index is 12.4. The number of nitrogens with zero attached hydrogens (tertiary/aromatic N) is 4. The fraction of sp³-hybridized carbons (Fsp3) is 0.619. The van der Waals surface area contributed by atoms with Gasteiger partial charge in [-0.3, -0.25) is 14.7 Å². The number of hydrogen-bond donors (Lipinski definition) is 1. The van der Waals surface area contributed by atoms with Crippen LogP contribution in [0.1, 0.15) is 17.9 Å². The van der Waals surface area contributed by atoms with Gasteiger partial charge in [-0.05, 0) is 12.0 Å². The molecule has 1 aliphatic carbocycles. The number of carbonyl (C=O) groups is 1. The monoisotopic (exact) mass is 385 g/mol. The standard InChI is InChI=1S/C21H31N5O2/c1-22-21(23-19-15-18(19)17-5-3-2-4-6-17)26-9-7-24(8-10-26)16-20(27)25-11-13-28-14-12-25/h2-6,18-19H,7-16H2,1H3,(H,22,23). The number of rotatable bonds is 4.